The van der Waals surface area contributed by atoms with Crippen LogP contribution in [0.5, 0.6) is 0 Å². The molecular weight excluding hydrogens is 320 g/mol. The third-order valence-corrected chi connectivity index (χ3v) is 5.02. The number of nitrogens with zero attached hydrogens (tertiary/aromatic N) is 4. The average molecular weight is 348 g/mol. The van der Waals surface area contributed by atoms with Gasteiger partial charge < -0.3 is 19.1 Å². The Labute approximate surface area is 149 Å². The molecule has 7 nitrogen and oxygen atoms in total. The average Bonchev–Trinajstić information content (AvgIpc) is 3.23. The molecule has 2 fully saturated rings. The van der Waals surface area contributed by atoms with Gasteiger partial charge in [0, 0.05) is 52.2 Å². The SMILES string of the molecule is CN(C)CCN1C[C@@H](C(=O)N2CCN(Cc3ccco3)CC2)CC1=O. The summed E-state index contributed by atoms with van der Waals surface area (Å²) in [5.74, 6) is 1.03. The van der Waals surface area contributed by atoms with Gasteiger partial charge in [-0.25, -0.2) is 0 Å². The third kappa shape index (κ3) is 4.61. The van der Waals surface area contributed by atoms with Crippen LogP contribution in [0.15, 0.2) is 22.8 Å². The van der Waals surface area contributed by atoms with Crippen molar-refractivity contribution < 1.29 is 14.0 Å². The Morgan fingerprint density at radius 1 is 1.28 bits per heavy atom. The number of piperazine rings is 1. The van der Waals surface area contributed by atoms with E-state index in [0.29, 0.717) is 19.5 Å². The van der Waals surface area contributed by atoms with Gasteiger partial charge in [0.05, 0.1) is 18.7 Å². The molecule has 25 heavy (non-hydrogen) atoms. The van der Waals surface area contributed by atoms with Crippen LogP contribution < -0.4 is 0 Å². The predicted octanol–water partition coefficient (Wildman–Crippen LogP) is 0.334. The lowest BCUT2D eigenvalue weighted by molar-refractivity contribution is -0.137. The van der Waals surface area contributed by atoms with Crippen LogP contribution in [0, 0.1) is 5.92 Å². The minimum absolute atomic E-state index is 0.108. The van der Waals surface area contributed by atoms with Gasteiger partial charge in [-0.2, -0.15) is 0 Å². The minimum Gasteiger partial charge on any atom is -0.468 e. The van der Waals surface area contributed by atoms with Crippen LogP contribution in [0.2, 0.25) is 0 Å². The first-order valence-corrected chi connectivity index (χ1v) is 8.99. The van der Waals surface area contributed by atoms with Crippen LogP contribution in [-0.4, -0.2) is 91.3 Å². The molecule has 2 saturated heterocycles. The number of likely N-dealkylation sites (N-methyl/N-ethyl adjacent to an activating group) is 1. The molecule has 3 heterocycles. The molecule has 0 saturated carbocycles. The molecule has 0 aliphatic carbocycles. The fourth-order valence-electron chi connectivity index (χ4n) is 3.48. The Balaban J connectivity index is 1.45. The van der Waals surface area contributed by atoms with E-state index in [4.69, 9.17) is 4.42 Å². The van der Waals surface area contributed by atoms with Crippen molar-refractivity contribution in [3.63, 3.8) is 0 Å². The molecule has 0 bridgehead atoms. The lowest BCUT2D eigenvalue weighted by Gasteiger charge is -2.35. The number of furan rings is 1. The summed E-state index contributed by atoms with van der Waals surface area (Å²) in [6.07, 6.45) is 2.05. The number of carbonyl (C=O) groups excluding carboxylic acids is 2. The lowest BCUT2D eigenvalue weighted by atomic mass is 10.1. The van der Waals surface area contributed by atoms with E-state index in [2.05, 4.69) is 9.80 Å². The third-order valence-electron chi connectivity index (χ3n) is 5.02. The van der Waals surface area contributed by atoms with Crippen LogP contribution in [0.1, 0.15) is 12.2 Å². The van der Waals surface area contributed by atoms with E-state index in [0.717, 1.165) is 45.0 Å². The van der Waals surface area contributed by atoms with Crippen molar-refractivity contribution in [2.45, 2.75) is 13.0 Å². The van der Waals surface area contributed by atoms with E-state index in [1.165, 1.54) is 0 Å². The van der Waals surface area contributed by atoms with Gasteiger partial charge in [0.15, 0.2) is 0 Å². The number of amides is 2. The van der Waals surface area contributed by atoms with Gasteiger partial charge >= 0.3 is 0 Å². The van der Waals surface area contributed by atoms with Crippen molar-refractivity contribution in [3.05, 3.63) is 24.2 Å². The number of hydrogen-bond donors (Lipinski definition) is 0. The molecule has 2 aliphatic rings. The summed E-state index contributed by atoms with van der Waals surface area (Å²) < 4.78 is 5.39. The van der Waals surface area contributed by atoms with Crippen LogP contribution in [-0.2, 0) is 16.1 Å². The molecule has 0 aromatic carbocycles. The number of carbonyl (C=O) groups is 2. The van der Waals surface area contributed by atoms with Crippen molar-refractivity contribution in [2.24, 2.45) is 5.92 Å². The summed E-state index contributed by atoms with van der Waals surface area (Å²) in [4.78, 5) is 33.0. The first kappa shape index (κ1) is 17.9. The van der Waals surface area contributed by atoms with Gasteiger partial charge in [-0.05, 0) is 26.2 Å². The van der Waals surface area contributed by atoms with Crippen molar-refractivity contribution in [3.8, 4) is 0 Å². The molecule has 0 N–H and O–H groups in total. The van der Waals surface area contributed by atoms with Crippen LogP contribution in [0.4, 0.5) is 0 Å². The second-order valence-electron chi connectivity index (χ2n) is 7.22. The predicted molar refractivity (Wildman–Crippen MR) is 93.8 cm³/mol. The summed E-state index contributed by atoms with van der Waals surface area (Å²) >= 11 is 0. The van der Waals surface area contributed by atoms with Gasteiger partial charge in [0.2, 0.25) is 11.8 Å². The van der Waals surface area contributed by atoms with E-state index in [-0.39, 0.29) is 17.7 Å². The van der Waals surface area contributed by atoms with Gasteiger partial charge in [-0.15, -0.1) is 0 Å². The van der Waals surface area contributed by atoms with Crippen LogP contribution in [0.25, 0.3) is 0 Å². The van der Waals surface area contributed by atoms with Gasteiger partial charge in [-0.1, -0.05) is 0 Å². The first-order chi connectivity index (χ1) is 12.0. The van der Waals surface area contributed by atoms with E-state index in [9.17, 15) is 9.59 Å². The zero-order chi connectivity index (χ0) is 17.8. The van der Waals surface area contributed by atoms with E-state index in [1.54, 1.807) is 6.26 Å². The van der Waals surface area contributed by atoms with E-state index in [1.807, 2.05) is 36.0 Å². The van der Waals surface area contributed by atoms with Crippen molar-refractivity contribution in [1.82, 2.24) is 19.6 Å². The fraction of sp³-hybridized carbons (Fsp3) is 0.667. The van der Waals surface area contributed by atoms with Gasteiger partial charge in [0.25, 0.3) is 0 Å². The zero-order valence-corrected chi connectivity index (χ0v) is 15.2. The second-order valence-corrected chi connectivity index (χ2v) is 7.22. The molecule has 2 amide bonds. The Hall–Kier alpha value is -1.86. The standard InChI is InChI=1S/C18H28N4O3/c1-19(2)5-8-22-13-15(12-17(22)23)18(24)21-9-6-20(7-10-21)14-16-4-3-11-25-16/h3-4,11,15H,5-10,12-14H2,1-2H3/t15-/m0/s1. The number of rotatable bonds is 6. The summed E-state index contributed by atoms with van der Waals surface area (Å²) in [5, 5.41) is 0. The molecule has 3 rings (SSSR count). The normalized spacial score (nSPS) is 22.2. The Morgan fingerprint density at radius 3 is 2.68 bits per heavy atom. The molecule has 7 heteroatoms. The van der Waals surface area contributed by atoms with E-state index < -0.39 is 0 Å². The van der Waals surface area contributed by atoms with Crippen molar-refractivity contribution >= 4 is 11.8 Å². The summed E-state index contributed by atoms with van der Waals surface area (Å²) in [7, 11) is 3.98. The van der Waals surface area contributed by atoms with Crippen molar-refractivity contribution in [2.75, 3.05) is 59.9 Å². The maximum absolute atomic E-state index is 12.8. The molecule has 1 aromatic rings. The second kappa shape index (κ2) is 8.01. The molecule has 1 aromatic heterocycles. The Bertz CT molecular complexity index is 579. The molecule has 0 unspecified atom stereocenters. The smallest absolute Gasteiger partial charge is 0.228 e. The van der Waals surface area contributed by atoms with Crippen molar-refractivity contribution in [1.29, 1.82) is 0 Å². The highest BCUT2D eigenvalue weighted by Crippen LogP contribution is 2.21. The minimum atomic E-state index is -0.175. The maximum atomic E-state index is 12.8. The highest BCUT2D eigenvalue weighted by atomic mass is 16.3. The summed E-state index contributed by atoms with van der Waals surface area (Å²) in [5.41, 5.74) is 0. The fourth-order valence-corrected chi connectivity index (χ4v) is 3.48. The Kier molecular flexibility index (Phi) is 5.75. The molecule has 0 spiro atoms. The highest BCUT2D eigenvalue weighted by molar-refractivity contribution is 5.89. The highest BCUT2D eigenvalue weighted by Gasteiger charge is 2.37. The van der Waals surface area contributed by atoms with Gasteiger partial charge in [-0.3, -0.25) is 14.5 Å². The maximum Gasteiger partial charge on any atom is 0.228 e. The molecule has 0 radical (unpaired) electrons. The molecule has 138 valence electrons. The molecule has 1 atom stereocenters. The molecular formula is C18H28N4O3. The Morgan fingerprint density at radius 2 is 2.04 bits per heavy atom. The lowest BCUT2D eigenvalue weighted by Crippen LogP contribution is -2.50. The number of likely N-dealkylation sites (tertiary alicyclic amines) is 1. The first-order valence-electron chi connectivity index (χ1n) is 8.99. The molecule has 2 aliphatic heterocycles. The summed E-state index contributed by atoms with van der Waals surface area (Å²) in [6.45, 7) is 6.02. The zero-order valence-electron chi connectivity index (χ0n) is 15.2. The largest absolute Gasteiger partial charge is 0.468 e. The van der Waals surface area contributed by atoms with Gasteiger partial charge in [0.1, 0.15) is 5.76 Å². The van der Waals surface area contributed by atoms with Crippen LogP contribution >= 0.6 is 0 Å². The number of hydrogen-bond acceptors (Lipinski definition) is 5. The van der Waals surface area contributed by atoms with Crippen LogP contribution in [0.3, 0.4) is 0 Å². The summed E-state index contributed by atoms with van der Waals surface area (Å²) in [6, 6.07) is 3.87. The monoisotopic (exact) mass is 348 g/mol. The van der Waals surface area contributed by atoms with E-state index >= 15 is 0 Å². The quantitative estimate of drug-likeness (QED) is 0.742. The topological polar surface area (TPSA) is 60.2 Å².